The van der Waals surface area contributed by atoms with Crippen LogP contribution in [0.3, 0.4) is 0 Å². The molecule has 1 heterocycles. The van der Waals surface area contributed by atoms with Crippen LogP contribution in [0.25, 0.3) is 0 Å². The summed E-state index contributed by atoms with van der Waals surface area (Å²) in [6, 6.07) is 8.46. The molecule has 3 fully saturated rings. The van der Waals surface area contributed by atoms with Gasteiger partial charge in [0, 0.05) is 18.0 Å². The van der Waals surface area contributed by atoms with E-state index in [1.54, 1.807) is 7.11 Å². The van der Waals surface area contributed by atoms with Gasteiger partial charge in [0.1, 0.15) is 5.75 Å². The number of nitrogens with one attached hydrogen (secondary N) is 1. The molecule has 2 bridgehead atoms. The lowest BCUT2D eigenvalue weighted by Gasteiger charge is -2.30. The zero-order valence-electron chi connectivity index (χ0n) is 15.2. The fraction of sp³-hybridized carbons (Fsp3) is 0.667. The number of hydrogen-bond donors (Lipinski definition) is 1. The van der Waals surface area contributed by atoms with Gasteiger partial charge in [-0.15, -0.1) is 0 Å². The first-order chi connectivity index (χ1) is 12.3. The smallest absolute Gasteiger partial charge is 0.223 e. The van der Waals surface area contributed by atoms with Crippen molar-refractivity contribution in [3.05, 3.63) is 29.8 Å². The Morgan fingerprint density at radius 2 is 2.04 bits per heavy atom. The molecule has 4 unspecified atom stereocenters. The lowest BCUT2D eigenvalue weighted by Crippen LogP contribution is -2.40. The summed E-state index contributed by atoms with van der Waals surface area (Å²) in [6.07, 6.45) is 7.47. The lowest BCUT2D eigenvalue weighted by atomic mass is 9.88. The first-order valence-electron chi connectivity index (χ1n) is 9.91. The first-order valence-corrected chi connectivity index (χ1v) is 9.91. The molecular formula is C21H30N2O2. The van der Waals surface area contributed by atoms with Crippen LogP contribution in [0.1, 0.15) is 50.1 Å². The lowest BCUT2D eigenvalue weighted by molar-refractivity contribution is -0.126. The Bertz CT molecular complexity index is 612. The van der Waals surface area contributed by atoms with Crippen molar-refractivity contribution in [2.45, 2.75) is 44.6 Å². The summed E-state index contributed by atoms with van der Waals surface area (Å²) >= 11 is 0. The summed E-state index contributed by atoms with van der Waals surface area (Å²) in [4.78, 5) is 15.3. The van der Waals surface area contributed by atoms with Crippen molar-refractivity contribution in [1.82, 2.24) is 10.2 Å². The minimum Gasteiger partial charge on any atom is -0.496 e. The van der Waals surface area contributed by atoms with Gasteiger partial charge in [-0.2, -0.15) is 0 Å². The average Bonchev–Trinajstić information content (AvgIpc) is 3.40. The van der Waals surface area contributed by atoms with Crippen LogP contribution in [0.5, 0.6) is 5.75 Å². The van der Waals surface area contributed by atoms with Crippen molar-refractivity contribution in [3.8, 4) is 5.75 Å². The van der Waals surface area contributed by atoms with Crippen molar-refractivity contribution in [2.24, 2.45) is 17.8 Å². The number of methoxy groups -OCH3 is 1. The minimum absolute atomic E-state index is 0.209. The molecule has 1 amide bonds. The molecule has 0 radical (unpaired) electrons. The molecule has 1 aromatic carbocycles. The van der Waals surface area contributed by atoms with Gasteiger partial charge in [0.05, 0.1) is 13.2 Å². The van der Waals surface area contributed by atoms with E-state index in [2.05, 4.69) is 22.3 Å². The van der Waals surface area contributed by atoms with E-state index in [0.717, 1.165) is 31.2 Å². The van der Waals surface area contributed by atoms with E-state index in [1.807, 2.05) is 12.1 Å². The Kier molecular flexibility index (Phi) is 4.98. The van der Waals surface area contributed by atoms with Crippen molar-refractivity contribution in [2.75, 3.05) is 26.7 Å². The first kappa shape index (κ1) is 16.9. The molecule has 2 saturated carbocycles. The summed E-state index contributed by atoms with van der Waals surface area (Å²) in [6.45, 7) is 2.90. The fourth-order valence-electron chi connectivity index (χ4n) is 5.32. The van der Waals surface area contributed by atoms with Gasteiger partial charge < -0.3 is 10.1 Å². The number of ether oxygens (including phenoxy) is 1. The van der Waals surface area contributed by atoms with E-state index < -0.39 is 0 Å². The quantitative estimate of drug-likeness (QED) is 0.862. The molecular weight excluding hydrogens is 312 g/mol. The summed E-state index contributed by atoms with van der Waals surface area (Å²) in [7, 11) is 1.73. The van der Waals surface area contributed by atoms with Crippen LogP contribution in [0, 0.1) is 17.8 Å². The molecule has 1 aliphatic heterocycles. The highest BCUT2D eigenvalue weighted by Gasteiger charge is 2.43. The number of likely N-dealkylation sites (tertiary alicyclic amines) is 1. The summed E-state index contributed by atoms with van der Waals surface area (Å²) in [5.41, 5.74) is 1.19. The topological polar surface area (TPSA) is 41.6 Å². The van der Waals surface area contributed by atoms with Crippen molar-refractivity contribution in [1.29, 1.82) is 0 Å². The van der Waals surface area contributed by atoms with E-state index in [0.29, 0.717) is 12.5 Å². The number of hydrogen-bond acceptors (Lipinski definition) is 3. The second-order valence-electron chi connectivity index (χ2n) is 8.03. The molecule has 2 aliphatic carbocycles. The molecule has 3 aliphatic rings. The number of benzene rings is 1. The summed E-state index contributed by atoms with van der Waals surface area (Å²) in [5, 5.41) is 3.30. The Morgan fingerprint density at radius 3 is 2.72 bits per heavy atom. The number of para-hydroxylation sites is 1. The largest absolute Gasteiger partial charge is 0.496 e. The molecule has 1 saturated heterocycles. The van der Waals surface area contributed by atoms with E-state index in [1.165, 1.54) is 37.7 Å². The van der Waals surface area contributed by atoms with Gasteiger partial charge in [0.2, 0.25) is 5.91 Å². The molecule has 1 aromatic rings. The van der Waals surface area contributed by atoms with Gasteiger partial charge in [-0.05, 0) is 63.1 Å². The molecule has 4 nitrogen and oxygen atoms in total. The van der Waals surface area contributed by atoms with E-state index >= 15 is 0 Å². The zero-order chi connectivity index (χ0) is 17.2. The molecule has 1 N–H and O–H groups in total. The third-order valence-electron chi connectivity index (χ3n) is 6.62. The normalized spacial score (nSPS) is 29.7. The van der Waals surface area contributed by atoms with Crippen molar-refractivity contribution < 1.29 is 9.53 Å². The number of amides is 1. The van der Waals surface area contributed by atoms with Crippen LogP contribution in [0.4, 0.5) is 0 Å². The van der Waals surface area contributed by atoms with Crippen LogP contribution in [0.15, 0.2) is 24.3 Å². The standard InChI is InChI=1S/C21H30N2O2/c1-25-20-7-3-2-6-17(20)19(23-10-4-5-11-23)14-22-21(24)18-13-15-8-9-16(18)12-15/h2-3,6-7,15-16,18-19H,4-5,8-14H2,1H3,(H,22,24). The Labute approximate surface area is 150 Å². The molecule has 4 atom stereocenters. The maximum Gasteiger partial charge on any atom is 0.223 e. The highest BCUT2D eigenvalue weighted by Crippen LogP contribution is 2.48. The van der Waals surface area contributed by atoms with Gasteiger partial charge in [0.15, 0.2) is 0 Å². The van der Waals surface area contributed by atoms with Gasteiger partial charge in [0.25, 0.3) is 0 Å². The third kappa shape index (κ3) is 3.41. The van der Waals surface area contributed by atoms with Gasteiger partial charge in [-0.25, -0.2) is 0 Å². The highest BCUT2D eigenvalue weighted by molar-refractivity contribution is 5.79. The molecule has 4 heteroatoms. The average molecular weight is 342 g/mol. The maximum absolute atomic E-state index is 12.8. The number of rotatable bonds is 6. The van der Waals surface area contributed by atoms with Crippen molar-refractivity contribution in [3.63, 3.8) is 0 Å². The van der Waals surface area contributed by atoms with Crippen LogP contribution >= 0.6 is 0 Å². The number of nitrogens with zero attached hydrogens (tertiary/aromatic N) is 1. The number of carbonyl (C=O) groups excluding carboxylic acids is 1. The highest BCUT2D eigenvalue weighted by atomic mass is 16.5. The third-order valence-corrected chi connectivity index (χ3v) is 6.62. The number of fused-ring (bicyclic) bond motifs is 2. The SMILES string of the molecule is COc1ccccc1C(CNC(=O)C1CC2CCC1C2)N1CCCC1. The fourth-order valence-corrected chi connectivity index (χ4v) is 5.32. The molecule has 0 spiro atoms. The van der Waals surface area contributed by atoms with Gasteiger partial charge >= 0.3 is 0 Å². The van der Waals surface area contributed by atoms with Gasteiger partial charge in [-0.3, -0.25) is 9.69 Å². The monoisotopic (exact) mass is 342 g/mol. The Balaban J connectivity index is 1.46. The summed E-state index contributed by atoms with van der Waals surface area (Å²) in [5.74, 6) is 2.92. The Hall–Kier alpha value is -1.55. The van der Waals surface area contributed by atoms with Crippen LogP contribution in [-0.2, 0) is 4.79 Å². The van der Waals surface area contributed by atoms with E-state index in [4.69, 9.17) is 4.74 Å². The maximum atomic E-state index is 12.8. The predicted molar refractivity (Wildman–Crippen MR) is 98.5 cm³/mol. The zero-order valence-corrected chi connectivity index (χ0v) is 15.2. The molecule has 0 aromatic heterocycles. The Morgan fingerprint density at radius 1 is 1.24 bits per heavy atom. The number of carbonyl (C=O) groups is 1. The second-order valence-corrected chi connectivity index (χ2v) is 8.03. The second kappa shape index (κ2) is 7.36. The predicted octanol–water partition coefficient (Wildman–Crippen LogP) is 3.38. The van der Waals surface area contributed by atoms with E-state index in [-0.39, 0.29) is 17.9 Å². The van der Waals surface area contributed by atoms with Gasteiger partial charge in [-0.1, -0.05) is 24.6 Å². The van der Waals surface area contributed by atoms with Crippen LogP contribution < -0.4 is 10.1 Å². The molecule has 4 rings (SSSR count). The molecule has 136 valence electrons. The van der Waals surface area contributed by atoms with E-state index in [9.17, 15) is 4.79 Å². The van der Waals surface area contributed by atoms with Crippen LogP contribution in [0.2, 0.25) is 0 Å². The summed E-state index contributed by atoms with van der Waals surface area (Å²) < 4.78 is 5.59. The van der Waals surface area contributed by atoms with Crippen LogP contribution in [-0.4, -0.2) is 37.6 Å². The minimum atomic E-state index is 0.209. The molecule has 25 heavy (non-hydrogen) atoms. The van der Waals surface area contributed by atoms with Crippen molar-refractivity contribution >= 4 is 5.91 Å².